The molecular weight excluding hydrogens is 282 g/mol. The van der Waals surface area contributed by atoms with E-state index in [4.69, 9.17) is 4.74 Å². The SMILES string of the molecule is COc1ccc(C(=O)N2CCC(c3ccsc3)CC2)cc1. The summed E-state index contributed by atoms with van der Waals surface area (Å²) in [4.78, 5) is 14.4. The number of hydrogen-bond donors (Lipinski definition) is 0. The Labute approximate surface area is 129 Å². The van der Waals surface area contributed by atoms with Crippen LogP contribution in [0.1, 0.15) is 34.7 Å². The van der Waals surface area contributed by atoms with Gasteiger partial charge in [-0.2, -0.15) is 11.3 Å². The van der Waals surface area contributed by atoms with Gasteiger partial charge in [-0.3, -0.25) is 4.79 Å². The number of rotatable bonds is 3. The molecule has 1 aliphatic rings. The highest BCUT2D eigenvalue weighted by Gasteiger charge is 2.24. The number of likely N-dealkylation sites (tertiary alicyclic amines) is 1. The van der Waals surface area contributed by atoms with Crippen molar-refractivity contribution in [3.8, 4) is 5.75 Å². The molecule has 1 saturated heterocycles. The number of ether oxygens (including phenoxy) is 1. The Kier molecular flexibility index (Phi) is 4.25. The van der Waals surface area contributed by atoms with E-state index in [9.17, 15) is 4.79 Å². The molecule has 1 aliphatic heterocycles. The van der Waals surface area contributed by atoms with Gasteiger partial charge in [0.15, 0.2) is 0 Å². The van der Waals surface area contributed by atoms with Crippen molar-refractivity contribution in [2.24, 2.45) is 0 Å². The lowest BCUT2D eigenvalue weighted by Crippen LogP contribution is -2.37. The zero-order valence-corrected chi connectivity index (χ0v) is 12.9. The maximum atomic E-state index is 12.5. The Morgan fingerprint density at radius 2 is 1.90 bits per heavy atom. The van der Waals surface area contributed by atoms with Crippen molar-refractivity contribution < 1.29 is 9.53 Å². The summed E-state index contributed by atoms with van der Waals surface area (Å²) in [5.74, 6) is 1.51. The van der Waals surface area contributed by atoms with E-state index in [2.05, 4.69) is 16.8 Å². The van der Waals surface area contributed by atoms with E-state index in [0.29, 0.717) is 5.92 Å². The van der Waals surface area contributed by atoms with Crippen LogP contribution < -0.4 is 4.74 Å². The van der Waals surface area contributed by atoms with Gasteiger partial charge in [-0.05, 0) is 65.4 Å². The lowest BCUT2D eigenvalue weighted by molar-refractivity contribution is 0.0713. The molecule has 1 fully saturated rings. The Balaban J connectivity index is 1.62. The van der Waals surface area contributed by atoms with E-state index < -0.39 is 0 Å². The number of thiophene rings is 1. The van der Waals surface area contributed by atoms with Crippen molar-refractivity contribution in [2.45, 2.75) is 18.8 Å². The second kappa shape index (κ2) is 6.31. The van der Waals surface area contributed by atoms with Crippen molar-refractivity contribution in [3.63, 3.8) is 0 Å². The molecular formula is C17H19NO2S. The van der Waals surface area contributed by atoms with E-state index in [0.717, 1.165) is 37.2 Å². The fourth-order valence-electron chi connectivity index (χ4n) is 2.84. The number of benzene rings is 1. The third-order valence-corrected chi connectivity index (χ3v) is 4.84. The summed E-state index contributed by atoms with van der Waals surface area (Å²) in [6.07, 6.45) is 2.11. The minimum atomic E-state index is 0.126. The van der Waals surface area contributed by atoms with E-state index in [1.54, 1.807) is 18.4 Å². The molecule has 1 amide bonds. The Morgan fingerprint density at radius 1 is 1.19 bits per heavy atom. The summed E-state index contributed by atoms with van der Waals surface area (Å²) in [5.41, 5.74) is 2.17. The fraction of sp³-hybridized carbons (Fsp3) is 0.353. The van der Waals surface area contributed by atoms with Gasteiger partial charge in [0.05, 0.1) is 7.11 Å². The van der Waals surface area contributed by atoms with Crippen LogP contribution in [-0.4, -0.2) is 31.0 Å². The summed E-state index contributed by atoms with van der Waals surface area (Å²) in [6, 6.07) is 9.56. The van der Waals surface area contributed by atoms with E-state index in [-0.39, 0.29) is 5.91 Å². The second-order valence-electron chi connectivity index (χ2n) is 5.35. The Bertz CT molecular complexity index is 584. The van der Waals surface area contributed by atoms with Crippen molar-refractivity contribution in [1.29, 1.82) is 0 Å². The smallest absolute Gasteiger partial charge is 0.253 e. The number of nitrogens with zero attached hydrogens (tertiary/aromatic N) is 1. The summed E-state index contributed by atoms with van der Waals surface area (Å²) >= 11 is 1.75. The van der Waals surface area contributed by atoms with Gasteiger partial charge < -0.3 is 9.64 Å². The number of methoxy groups -OCH3 is 1. The average molecular weight is 301 g/mol. The average Bonchev–Trinajstić information content (AvgIpc) is 3.09. The van der Waals surface area contributed by atoms with Gasteiger partial charge in [-0.25, -0.2) is 0 Å². The quantitative estimate of drug-likeness (QED) is 0.863. The van der Waals surface area contributed by atoms with Crippen LogP contribution in [0.15, 0.2) is 41.1 Å². The van der Waals surface area contributed by atoms with Gasteiger partial charge in [0.1, 0.15) is 5.75 Å². The molecule has 2 aromatic rings. The van der Waals surface area contributed by atoms with E-state index >= 15 is 0 Å². The van der Waals surface area contributed by atoms with Crippen LogP contribution in [-0.2, 0) is 0 Å². The molecule has 2 heterocycles. The maximum Gasteiger partial charge on any atom is 0.253 e. The van der Waals surface area contributed by atoms with Crippen molar-refractivity contribution in [1.82, 2.24) is 4.90 Å². The molecule has 110 valence electrons. The van der Waals surface area contributed by atoms with Crippen molar-refractivity contribution >= 4 is 17.2 Å². The normalized spacial score (nSPS) is 16.0. The maximum absolute atomic E-state index is 12.5. The highest BCUT2D eigenvalue weighted by atomic mass is 32.1. The molecule has 0 atom stereocenters. The van der Waals surface area contributed by atoms with Crippen molar-refractivity contribution in [2.75, 3.05) is 20.2 Å². The molecule has 0 N–H and O–H groups in total. The van der Waals surface area contributed by atoms with E-state index in [1.807, 2.05) is 29.2 Å². The predicted molar refractivity (Wildman–Crippen MR) is 85.2 cm³/mol. The number of carbonyl (C=O) groups excluding carboxylic acids is 1. The molecule has 3 rings (SSSR count). The molecule has 1 aromatic heterocycles. The van der Waals surface area contributed by atoms with Gasteiger partial charge in [0, 0.05) is 18.7 Å². The molecule has 0 spiro atoms. The lowest BCUT2D eigenvalue weighted by atomic mass is 9.91. The van der Waals surface area contributed by atoms with E-state index in [1.165, 1.54) is 5.56 Å². The van der Waals surface area contributed by atoms with Crippen LogP contribution in [0, 0.1) is 0 Å². The highest BCUT2D eigenvalue weighted by Crippen LogP contribution is 2.30. The third kappa shape index (κ3) is 3.10. The number of amides is 1. The first-order valence-electron chi connectivity index (χ1n) is 7.23. The van der Waals surface area contributed by atoms with Gasteiger partial charge in [0.2, 0.25) is 0 Å². The third-order valence-electron chi connectivity index (χ3n) is 4.13. The molecule has 1 aromatic carbocycles. The largest absolute Gasteiger partial charge is 0.497 e. The minimum absolute atomic E-state index is 0.126. The highest BCUT2D eigenvalue weighted by molar-refractivity contribution is 7.07. The molecule has 21 heavy (non-hydrogen) atoms. The van der Waals surface area contributed by atoms with Crippen LogP contribution in [0.25, 0.3) is 0 Å². The first-order valence-corrected chi connectivity index (χ1v) is 8.17. The molecule has 0 aliphatic carbocycles. The van der Waals surface area contributed by atoms with Crippen LogP contribution in [0.2, 0.25) is 0 Å². The monoisotopic (exact) mass is 301 g/mol. The number of piperidine rings is 1. The van der Waals surface area contributed by atoms with Crippen LogP contribution in [0.5, 0.6) is 5.75 Å². The van der Waals surface area contributed by atoms with Crippen LogP contribution >= 0.6 is 11.3 Å². The number of carbonyl (C=O) groups is 1. The summed E-state index contributed by atoms with van der Waals surface area (Å²) < 4.78 is 5.13. The van der Waals surface area contributed by atoms with Gasteiger partial charge in [-0.15, -0.1) is 0 Å². The van der Waals surface area contributed by atoms with Crippen LogP contribution in [0.4, 0.5) is 0 Å². The summed E-state index contributed by atoms with van der Waals surface area (Å²) in [7, 11) is 1.63. The Morgan fingerprint density at radius 3 is 2.48 bits per heavy atom. The lowest BCUT2D eigenvalue weighted by Gasteiger charge is -2.32. The first-order chi connectivity index (χ1) is 10.3. The Hall–Kier alpha value is -1.81. The van der Waals surface area contributed by atoms with Gasteiger partial charge >= 0.3 is 0 Å². The first kappa shape index (κ1) is 14.1. The number of hydrogen-bond acceptors (Lipinski definition) is 3. The zero-order chi connectivity index (χ0) is 14.7. The molecule has 0 saturated carbocycles. The summed E-state index contributed by atoms with van der Waals surface area (Å²) in [6.45, 7) is 1.68. The standard InChI is InChI=1S/C17H19NO2S/c1-20-16-4-2-14(3-5-16)17(19)18-9-6-13(7-10-18)15-8-11-21-12-15/h2-5,8,11-13H,6-7,9-10H2,1H3. The topological polar surface area (TPSA) is 29.5 Å². The van der Waals surface area contributed by atoms with Gasteiger partial charge in [-0.1, -0.05) is 0 Å². The van der Waals surface area contributed by atoms with Crippen LogP contribution in [0.3, 0.4) is 0 Å². The minimum Gasteiger partial charge on any atom is -0.497 e. The molecule has 0 radical (unpaired) electrons. The molecule has 0 bridgehead atoms. The zero-order valence-electron chi connectivity index (χ0n) is 12.1. The second-order valence-corrected chi connectivity index (χ2v) is 6.13. The molecule has 0 unspecified atom stereocenters. The summed E-state index contributed by atoms with van der Waals surface area (Å²) in [5, 5.41) is 4.36. The predicted octanol–water partition coefficient (Wildman–Crippen LogP) is 3.78. The van der Waals surface area contributed by atoms with Gasteiger partial charge in [0.25, 0.3) is 5.91 Å². The molecule has 3 nitrogen and oxygen atoms in total. The van der Waals surface area contributed by atoms with Crippen molar-refractivity contribution in [3.05, 3.63) is 52.2 Å². The fourth-order valence-corrected chi connectivity index (χ4v) is 3.58. The molecule has 4 heteroatoms.